The highest BCUT2D eigenvalue weighted by atomic mass is 35.5. The van der Waals surface area contributed by atoms with Gasteiger partial charge in [-0.1, -0.05) is 0 Å². The Morgan fingerprint density at radius 2 is 2.05 bits per heavy atom. The predicted molar refractivity (Wildman–Crippen MR) is 78.7 cm³/mol. The number of carbonyl (C=O) groups excluding carboxylic acids is 1. The molecule has 4 nitrogen and oxygen atoms in total. The van der Waals surface area contributed by atoms with Gasteiger partial charge in [0.05, 0.1) is 6.54 Å². The minimum absolute atomic E-state index is 0. The summed E-state index contributed by atoms with van der Waals surface area (Å²) in [6.07, 6.45) is -2.35. The molecule has 0 aromatic carbocycles. The molecule has 1 amide bonds. The van der Waals surface area contributed by atoms with Gasteiger partial charge in [-0.25, -0.2) is 0 Å². The molecule has 1 aliphatic heterocycles. The second kappa shape index (κ2) is 8.80. The number of likely N-dealkylation sites (N-methyl/N-ethyl adjacent to an activating group) is 1. The average molecular weight is 332 g/mol. The fourth-order valence-corrected chi connectivity index (χ4v) is 2.47. The fraction of sp³-hybridized carbons (Fsp3) is 0.923. The molecule has 0 aromatic rings. The Bertz CT molecular complexity index is 326. The van der Waals surface area contributed by atoms with E-state index in [-0.39, 0.29) is 19.0 Å². The number of carbonyl (C=O) groups is 1. The molecule has 1 heterocycles. The van der Waals surface area contributed by atoms with E-state index in [1.54, 1.807) is 13.8 Å². The zero-order valence-corrected chi connectivity index (χ0v) is 13.6. The molecule has 0 aliphatic carbocycles. The summed E-state index contributed by atoms with van der Waals surface area (Å²) in [5.41, 5.74) is 0. The molecule has 21 heavy (non-hydrogen) atoms. The van der Waals surface area contributed by atoms with E-state index in [4.69, 9.17) is 0 Å². The molecule has 0 aromatic heterocycles. The maximum Gasteiger partial charge on any atom is 0.406 e. The number of halogens is 4. The second-order valence-corrected chi connectivity index (χ2v) is 5.59. The largest absolute Gasteiger partial charge is 0.406 e. The first kappa shape index (κ1) is 20.5. The number of amides is 1. The van der Waals surface area contributed by atoms with Crippen LogP contribution < -0.4 is 5.32 Å². The van der Waals surface area contributed by atoms with E-state index in [0.29, 0.717) is 12.6 Å². The van der Waals surface area contributed by atoms with E-state index < -0.39 is 24.7 Å². The second-order valence-electron chi connectivity index (χ2n) is 5.59. The summed E-state index contributed by atoms with van der Waals surface area (Å²) in [5, 5.41) is 3.15. The number of piperidine rings is 1. The van der Waals surface area contributed by atoms with Crippen LogP contribution in [0.5, 0.6) is 0 Å². The van der Waals surface area contributed by atoms with Crippen molar-refractivity contribution in [3.05, 3.63) is 0 Å². The van der Waals surface area contributed by atoms with Gasteiger partial charge in [-0.3, -0.25) is 9.69 Å². The van der Waals surface area contributed by atoms with Crippen LogP contribution in [0.4, 0.5) is 13.2 Å². The summed E-state index contributed by atoms with van der Waals surface area (Å²) in [4.78, 5) is 14.9. The van der Waals surface area contributed by atoms with Crippen LogP contribution in [0.3, 0.4) is 0 Å². The lowest BCUT2D eigenvalue weighted by Gasteiger charge is -2.35. The summed E-state index contributed by atoms with van der Waals surface area (Å²) in [6, 6.07) is -0.138. The molecule has 0 bridgehead atoms. The molecule has 1 N–H and O–H groups in total. The highest BCUT2D eigenvalue weighted by Gasteiger charge is 2.34. The monoisotopic (exact) mass is 331 g/mol. The highest BCUT2D eigenvalue weighted by molar-refractivity contribution is 5.85. The van der Waals surface area contributed by atoms with Gasteiger partial charge in [-0.15, -0.1) is 12.4 Å². The first-order valence-electron chi connectivity index (χ1n) is 6.98. The molecule has 0 radical (unpaired) electrons. The highest BCUT2D eigenvalue weighted by Crippen LogP contribution is 2.19. The van der Waals surface area contributed by atoms with Crippen molar-refractivity contribution in [1.29, 1.82) is 0 Å². The lowest BCUT2D eigenvalue weighted by molar-refractivity contribution is -0.165. The van der Waals surface area contributed by atoms with Crippen LogP contribution in [-0.2, 0) is 4.79 Å². The standard InChI is InChI=1S/C13H24F3N3O.ClH/c1-10(2)19(9-13(14,15)16)12(20)8-18-6-4-5-11(7-18)17-3;/h10-11,17H,4-9H2,1-3H3;1H. The Balaban J connectivity index is 0.00000400. The average Bonchev–Trinajstić information content (AvgIpc) is 2.34. The number of hydrogen-bond acceptors (Lipinski definition) is 3. The van der Waals surface area contributed by atoms with Crippen molar-refractivity contribution < 1.29 is 18.0 Å². The number of nitrogens with one attached hydrogen (secondary N) is 1. The van der Waals surface area contributed by atoms with E-state index in [2.05, 4.69) is 5.32 Å². The van der Waals surface area contributed by atoms with Crippen LogP contribution in [0.2, 0.25) is 0 Å². The molecule has 1 rings (SSSR count). The van der Waals surface area contributed by atoms with Crippen molar-refractivity contribution in [1.82, 2.24) is 15.1 Å². The minimum Gasteiger partial charge on any atom is -0.330 e. The predicted octanol–water partition coefficient (Wildman–Crippen LogP) is 1.89. The van der Waals surface area contributed by atoms with Crippen molar-refractivity contribution in [2.24, 2.45) is 0 Å². The minimum atomic E-state index is -4.35. The van der Waals surface area contributed by atoms with Gasteiger partial charge in [-0.05, 0) is 40.3 Å². The Labute approximate surface area is 130 Å². The summed E-state index contributed by atoms with van der Waals surface area (Å²) in [5.74, 6) is -0.450. The van der Waals surface area contributed by atoms with Crippen molar-refractivity contribution in [2.75, 3.05) is 33.2 Å². The molecule has 1 saturated heterocycles. The summed E-state index contributed by atoms with van der Waals surface area (Å²) >= 11 is 0. The number of alkyl halides is 3. The Morgan fingerprint density at radius 1 is 1.43 bits per heavy atom. The topological polar surface area (TPSA) is 35.6 Å². The van der Waals surface area contributed by atoms with Gasteiger partial charge in [0.25, 0.3) is 0 Å². The third kappa shape index (κ3) is 7.33. The van der Waals surface area contributed by atoms with Gasteiger partial charge in [-0.2, -0.15) is 13.2 Å². The van der Waals surface area contributed by atoms with Crippen molar-refractivity contribution in [3.63, 3.8) is 0 Å². The lowest BCUT2D eigenvalue weighted by Crippen LogP contribution is -2.51. The normalized spacial score (nSPS) is 20.2. The van der Waals surface area contributed by atoms with E-state index in [9.17, 15) is 18.0 Å². The van der Waals surface area contributed by atoms with Crippen molar-refractivity contribution in [3.8, 4) is 0 Å². The van der Waals surface area contributed by atoms with E-state index in [1.165, 1.54) is 0 Å². The van der Waals surface area contributed by atoms with Gasteiger partial charge in [0, 0.05) is 18.6 Å². The molecule has 1 fully saturated rings. The van der Waals surface area contributed by atoms with E-state index >= 15 is 0 Å². The first-order chi connectivity index (χ1) is 9.23. The Morgan fingerprint density at radius 3 is 2.52 bits per heavy atom. The van der Waals surface area contributed by atoms with Crippen LogP contribution in [0.1, 0.15) is 26.7 Å². The molecule has 1 aliphatic rings. The molecule has 8 heteroatoms. The zero-order valence-electron chi connectivity index (χ0n) is 12.7. The smallest absolute Gasteiger partial charge is 0.330 e. The third-order valence-corrected chi connectivity index (χ3v) is 3.57. The molecule has 1 unspecified atom stereocenters. The van der Waals surface area contributed by atoms with E-state index in [1.807, 2.05) is 11.9 Å². The number of rotatable bonds is 5. The molecular weight excluding hydrogens is 307 g/mol. The maximum absolute atomic E-state index is 12.5. The zero-order chi connectivity index (χ0) is 15.3. The SMILES string of the molecule is CNC1CCCN(CC(=O)N(CC(F)(F)F)C(C)C)C1.Cl. The number of hydrogen-bond donors (Lipinski definition) is 1. The third-order valence-electron chi connectivity index (χ3n) is 3.57. The van der Waals surface area contributed by atoms with Crippen LogP contribution in [0.15, 0.2) is 0 Å². The van der Waals surface area contributed by atoms with Gasteiger partial charge in [0.1, 0.15) is 6.54 Å². The van der Waals surface area contributed by atoms with Gasteiger partial charge in [0.15, 0.2) is 0 Å². The quantitative estimate of drug-likeness (QED) is 0.835. The fourth-order valence-electron chi connectivity index (χ4n) is 2.47. The summed E-state index contributed by atoms with van der Waals surface area (Å²) in [7, 11) is 1.86. The number of likely N-dealkylation sites (tertiary alicyclic amines) is 1. The maximum atomic E-state index is 12.5. The molecular formula is C13H25ClF3N3O. The van der Waals surface area contributed by atoms with Crippen LogP contribution >= 0.6 is 12.4 Å². The van der Waals surface area contributed by atoms with Crippen LogP contribution in [0, 0.1) is 0 Å². The van der Waals surface area contributed by atoms with E-state index in [0.717, 1.165) is 24.3 Å². The van der Waals surface area contributed by atoms with Gasteiger partial charge >= 0.3 is 6.18 Å². The Kier molecular flexibility index (Phi) is 8.58. The lowest BCUT2D eigenvalue weighted by atomic mass is 10.1. The molecule has 0 spiro atoms. The van der Waals surface area contributed by atoms with Gasteiger partial charge in [0.2, 0.25) is 5.91 Å². The van der Waals surface area contributed by atoms with Crippen LogP contribution in [0.25, 0.3) is 0 Å². The summed E-state index contributed by atoms with van der Waals surface area (Å²) in [6.45, 7) is 3.58. The van der Waals surface area contributed by atoms with Crippen molar-refractivity contribution in [2.45, 2.75) is 44.9 Å². The van der Waals surface area contributed by atoms with Gasteiger partial charge < -0.3 is 10.2 Å². The molecule has 1 atom stereocenters. The summed E-state index contributed by atoms with van der Waals surface area (Å²) < 4.78 is 37.5. The van der Waals surface area contributed by atoms with Crippen LogP contribution in [-0.4, -0.2) is 67.2 Å². The Hall–Kier alpha value is -0.530. The first-order valence-corrected chi connectivity index (χ1v) is 6.98. The number of nitrogens with zero attached hydrogens (tertiary/aromatic N) is 2. The molecule has 126 valence electrons. The molecule has 0 saturated carbocycles. The van der Waals surface area contributed by atoms with Crippen molar-refractivity contribution >= 4 is 18.3 Å².